The fourth-order valence-electron chi connectivity index (χ4n) is 0.923. The molecule has 1 atom stereocenters. The quantitative estimate of drug-likeness (QED) is 0.772. The number of phenolic OH excluding ortho intramolecular Hbond substituents is 1. The van der Waals surface area contributed by atoms with E-state index in [4.69, 9.17) is 22.4 Å². The number of carbonyl (C=O) groups is 1. The molecule has 0 aliphatic carbocycles. The zero-order valence-corrected chi connectivity index (χ0v) is 9.10. The molecule has 1 aromatic carbocycles. The van der Waals surface area contributed by atoms with E-state index in [0.717, 1.165) is 0 Å². The molecule has 1 aromatic rings. The van der Waals surface area contributed by atoms with Crippen molar-refractivity contribution in [2.45, 2.75) is 13.0 Å². The Bertz CT molecular complexity index is 340. The van der Waals surface area contributed by atoms with E-state index in [1.807, 2.05) is 0 Å². The first-order chi connectivity index (χ1) is 6.02. The average Bonchev–Trinajstić information content (AvgIpc) is 2.08. The molecule has 0 amide bonds. The van der Waals surface area contributed by atoms with Crippen molar-refractivity contribution in [2.75, 3.05) is 0 Å². The van der Waals surface area contributed by atoms with Crippen LogP contribution in [0.1, 0.15) is 17.3 Å². The van der Waals surface area contributed by atoms with Gasteiger partial charge in [0.1, 0.15) is 5.75 Å². The molecule has 5 heteroatoms. The van der Waals surface area contributed by atoms with Crippen molar-refractivity contribution in [3.05, 3.63) is 28.8 Å². The van der Waals surface area contributed by atoms with Crippen molar-refractivity contribution in [2.24, 2.45) is 5.73 Å². The molecule has 78 valence electrons. The fraction of sp³-hybridized carbons (Fsp3) is 0.222. The summed E-state index contributed by atoms with van der Waals surface area (Å²) in [4.78, 5) is 11.3. The highest BCUT2D eigenvalue weighted by atomic mass is 35.5. The highest BCUT2D eigenvalue weighted by molar-refractivity contribution is 6.32. The second-order valence-corrected chi connectivity index (χ2v) is 3.23. The Kier molecular flexibility index (Phi) is 4.91. The van der Waals surface area contributed by atoms with Gasteiger partial charge in [0, 0.05) is 5.56 Å². The monoisotopic (exact) mass is 235 g/mol. The summed E-state index contributed by atoms with van der Waals surface area (Å²) in [5.74, 6) is -0.232. The van der Waals surface area contributed by atoms with Crippen LogP contribution in [0.15, 0.2) is 18.2 Å². The van der Waals surface area contributed by atoms with Crippen LogP contribution in [0.5, 0.6) is 5.75 Å². The van der Waals surface area contributed by atoms with Gasteiger partial charge in [0.2, 0.25) is 0 Å². The van der Waals surface area contributed by atoms with Crippen molar-refractivity contribution in [3.8, 4) is 5.75 Å². The van der Waals surface area contributed by atoms with Crippen molar-refractivity contribution in [1.82, 2.24) is 0 Å². The van der Waals surface area contributed by atoms with Gasteiger partial charge in [-0.1, -0.05) is 11.6 Å². The normalized spacial score (nSPS) is 11.6. The molecule has 0 bridgehead atoms. The maximum atomic E-state index is 11.3. The number of nitrogens with two attached hydrogens (primary N) is 1. The maximum Gasteiger partial charge on any atom is 0.179 e. The van der Waals surface area contributed by atoms with Gasteiger partial charge in [-0.05, 0) is 25.1 Å². The lowest BCUT2D eigenvalue weighted by molar-refractivity contribution is 0.0968. The van der Waals surface area contributed by atoms with Crippen molar-refractivity contribution < 1.29 is 9.90 Å². The van der Waals surface area contributed by atoms with E-state index in [9.17, 15) is 4.79 Å². The molecule has 0 saturated heterocycles. The summed E-state index contributed by atoms with van der Waals surface area (Å²) in [5.41, 5.74) is 5.82. The van der Waals surface area contributed by atoms with Gasteiger partial charge in [-0.2, -0.15) is 0 Å². The summed E-state index contributed by atoms with van der Waals surface area (Å²) in [6, 6.07) is 3.72. The first kappa shape index (κ1) is 13.2. The molecule has 1 rings (SSSR count). The van der Waals surface area contributed by atoms with E-state index >= 15 is 0 Å². The molecule has 0 heterocycles. The second-order valence-electron chi connectivity index (χ2n) is 2.82. The summed E-state index contributed by atoms with van der Waals surface area (Å²) >= 11 is 5.62. The molecule has 0 saturated carbocycles. The van der Waals surface area contributed by atoms with Gasteiger partial charge >= 0.3 is 0 Å². The van der Waals surface area contributed by atoms with Gasteiger partial charge in [-0.25, -0.2) is 0 Å². The molecule has 0 spiro atoms. The first-order valence-electron chi connectivity index (χ1n) is 3.80. The van der Waals surface area contributed by atoms with E-state index < -0.39 is 6.04 Å². The van der Waals surface area contributed by atoms with Crippen molar-refractivity contribution in [1.29, 1.82) is 0 Å². The maximum absolute atomic E-state index is 11.3. The molecule has 0 radical (unpaired) electrons. The van der Waals surface area contributed by atoms with Crippen molar-refractivity contribution in [3.63, 3.8) is 0 Å². The van der Waals surface area contributed by atoms with Crippen LogP contribution in [-0.4, -0.2) is 16.9 Å². The summed E-state index contributed by atoms with van der Waals surface area (Å²) in [6.07, 6.45) is 0. The van der Waals surface area contributed by atoms with E-state index in [1.165, 1.54) is 18.2 Å². The molecular weight excluding hydrogens is 225 g/mol. The van der Waals surface area contributed by atoms with E-state index in [-0.39, 0.29) is 29.0 Å². The molecule has 3 nitrogen and oxygen atoms in total. The third-order valence-corrected chi connectivity index (χ3v) is 1.95. The Hall–Kier alpha value is -0.770. The predicted octanol–water partition coefficient (Wildman–Crippen LogP) is 2.00. The van der Waals surface area contributed by atoms with E-state index in [2.05, 4.69) is 0 Å². The Labute approximate surface area is 93.3 Å². The topological polar surface area (TPSA) is 63.3 Å². The number of Topliss-reactive ketones (excluding diaryl/α,β-unsaturated/α-hetero) is 1. The molecule has 0 aliphatic heterocycles. The van der Waals surface area contributed by atoms with Crippen LogP contribution in [0.4, 0.5) is 0 Å². The number of benzene rings is 1. The van der Waals surface area contributed by atoms with Crippen LogP contribution in [0.3, 0.4) is 0 Å². The Morgan fingerprint density at radius 3 is 2.57 bits per heavy atom. The number of halogens is 2. The van der Waals surface area contributed by atoms with Gasteiger partial charge in [-0.3, -0.25) is 4.79 Å². The summed E-state index contributed by atoms with van der Waals surface area (Å²) in [7, 11) is 0. The Morgan fingerprint density at radius 2 is 2.14 bits per heavy atom. The van der Waals surface area contributed by atoms with Gasteiger partial charge < -0.3 is 10.8 Å². The number of hydrogen-bond donors (Lipinski definition) is 2. The molecular formula is C9H11Cl2NO2. The number of hydrogen-bond acceptors (Lipinski definition) is 3. The molecule has 14 heavy (non-hydrogen) atoms. The SMILES string of the molecule is CC(N)C(=O)c1ccc(O)c(Cl)c1.Cl. The van der Waals surface area contributed by atoms with Crippen molar-refractivity contribution >= 4 is 29.8 Å². The first-order valence-corrected chi connectivity index (χ1v) is 4.18. The minimum atomic E-state index is -0.555. The van der Waals surface area contributed by atoms with Crippen LogP contribution < -0.4 is 5.73 Å². The summed E-state index contributed by atoms with van der Waals surface area (Å²) in [6.45, 7) is 1.60. The Balaban J connectivity index is 0.00000169. The summed E-state index contributed by atoms with van der Waals surface area (Å²) < 4.78 is 0. The number of carbonyl (C=O) groups excluding carboxylic acids is 1. The molecule has 1 unspecified atom stereocenters. The lowest BCUT2D eigenvalue weighted by Crippen LogP contribution is -2.26. The van der Waals surface area contributed by atoms with Crippen LogP contribution in [0.2, 0.25) is 5.02 Å². The van der Waals surface area contributed by atoms with Gasteiger partial charge in [0.15, 0.2) is 5.78 Å². The third-order valence-electron chi connectivity index (χ3n) is 1.65. The minimum absolute atomic E-state index is 0. The average molecular weight is 236 g/mol. The number of aromatic hydroxyl groups is 1. The number of rotatable bonds is 2. The lowest BCUT2D eigenvalue weighted by atomic mass is 10.1. The zero-order chi connectivity index (χ0) is 10.0. The van der Waals surface area contributed by atoms with Gasteiger partial charge in [0.25, 0.3) is 0 Å². The van der Waals surface area contributed by atoms with E-state index in [1.54, 1.807) is 6.92 Å². The van der Waals surface area contributed by atoms with Gasteiger partial charge in [0.05, 0.1) is 11.1 Å². The molecule has 0 aromatic heterocycles. The lowest BCUT2D eigenvalue weighted by Gasteiger charge is -2.04. The predicted molar refractivity (Wildman–Crippen MR) is 58.3 cm³/mol. The fourth-order valence-corrected chi connectivity index (χ4v) is 1.10. The largest absolute Gasteiger partial charge is 0.506 e. The highest BCUT2D eigenvalue weighted by Crippen LogP contribution is 2.23. The summed E-state index contributed by atoms with van der Waals surface area (Å²) in [5, 5.41) is 9.25. The van der Waals surface area contributed by atoms with Crippen LogP contribution in [0.25, 0.3) is 0 Å². The zero-order valence-electron chi connectivity index (χ0n) is 7.53. The standard InChI is InChI=1S/C9H10ClNO2.ClH/c1-5(11)9(13)6-2-3-8(12)7(10)4-6;/h2-5,12H,11H2,1H3;1H. The molecule has 0 aliphatic rings. The number of phenols is 1. The molecule has 0 fully saturated rings. The highest BCUT2D eigenvalue weighted by Gasteiger charge is 2.11. The van der Waals surface area contributed by atoms with E-state index in [0.29, 0.717) is 5.56 Å². The van der Waals surface area contributed by atoms with Crippen LogP contribution in [-0.2, 0) is 0 Å². The number of ketones is 1. The second kappa shape index (κ2) is 5.20. The van der Waals surface area contributed by atoms with Crippen LogP contribution in [0, 0.1) is 0 Å². The van der Waals surface area contributed by atoms with Crippen LogP contribution >= 0.6 is 24.0 Å². The Morgan fingerprint density at radius 1 is 1.57 bits per heavy atom. The third kappa shape index (κ3) is 2.87. The van der Waals surface area contributed by atoms with Gasteiger partial charge in [-0.15, -0.1) is 12.4 Å². The molecule has 3 N–H and O–H groups in total. The minimum Gasteiger partial charge on any atom is -0.506 e. The smallest absolute Gasteiger partial charge is 0.179 e.